The molecule has 0 aliphatic heterocycles. The summed E-state index contributed by atoms with van der Waals surface area (Å²) in [7, 11) is 0. The average molecular weight is 244 g/mol. The van der Waals surface area contributed by atoms with Crippen LogP contribution in [0.1, 0.15) is 6.42 Å². The van der Waals surface area contributed by atoms with Gasteiger partial charge < -0.3 is 20.5 Å². The first-order valence-corrected chi connectivity index (χ1v) is 4.69. The van der Waals surface area contributed by atoms with Crippen molar-refractivity contribution >= 4 is 6.09 Å². The predicted octanol–water partition coefficient (Wildman–Crippen LogP) is 0.640. The van der Waals surface area contributed by atoms with E-state index in [-0.39, 0.29) is 13.2 Å². The first kappa shape index (κ1) is 15.0. The van der Waals surface area contributed by atoms with Gasteiger partial charge in [0.1, 0.15) is 13.2 Å². The molecule has 8 heteroatoms. The Hall–Kier alpha value is -1.02. The van der Waals surface area contributed by atoms with Crippen molar-refractivity contribution in [3.05, 3.63) is 0 Å². The van der Waals surface area contributed by atoms with Crippen molar-refractivity contribution in [3.8, 4) is 0 Å². The summed E-state index contributed by atoms with van der Waals surface area (Å²) in [6, 6.07) is 0. The van der Waals surface area contributed by atoms with Crippen LogP contribution in [0.25, 0.3) is 0 Å². The molecule has 0 aliphatic rings. The fourth-order valence-electron chi connectivity index (χ4n) is 0.836. The molecule has 3 N–H and O–H groups in total. The van der Waals surface area contributed by atoms with E-state index in [2.05, 4.69) is 14.8 Å². The number of nitrogens with one attached hydrogen (secondary N) is 1. The van der Waals surface area contributed by atoms with Gasteiger partial charge in [-0.15, -0.1) is 0 Å². The smallest absolute Gasteiger partial charge is 0.411 e. The lowest BCUT2D eigenvalue weighted by molar-refractivity contribution is -0.173. The zero-order chi connectivity index (χ0) is 12.4. The van der Waals surface area contributed by atoms with Gasteiger partial charge >= 0.3 is 12.3 Å². The lowest BCUT2D eigenvalue weighted by Crippen LogP contribution is -2.25. The van der Waals surface area contributed by atoms with Crippen LogP contribution in [-0.2, 0) is 9.47 Å². The lowest BCUT2D eigenvalue weighted by Gasteiger charge is -2.08. The molecule has 0 spiro atoms. The molecule has 0 bridgehead atoms. The predicted molar refractivity (Wildman–Crippen MR) is 49.9 cm³/mol. The Balaban J connectivity index is 3.07. The fourth-order valence-corrected chi connectivity index (χ4v) is 0.836. The minimum atomic E-state index is -4.28. The van der Waals surface area contributed by atoms with Crippen molar-refractivity contribution in [1.82, 2.24) is 5.32 Å². The third-order valence-electron chi connectivity index (χ3n) is 1.43. The fraction of sp³-hybridized carbons (Fsp3) is 0.875. The van der Waals surface area contributed by atoms with Crippen LogP contribution in [0.3, 0.4) is 0 Å². The van der Waals surface area contributed by atoms with Crippen molar-refractivity contribution < 1.29 is 27.4 Å². The summed E-state index contributed by atoms with van der Waals surface area (Å²) in [5, 5.41) is 2.84. The van der Waals surface area contributed by atoms with Gasteiger partial charge in [-0.3, -0.25) is 0 Å². The van der Waals surface area contributed by atoms with E-state index in [9.17, 15) is 18.0 Å². The number of primary amides is 1. The molecule has 0 aromatic carbocycles. The van der Waals surface area contributed by atoms with Crippen molar-refractivity contribution in [3.63, 3.8) is 0 Å². The van der Waals surface area contributed by atoms with Crippen molar-refractivity contribution in [2.45, 2.75) is 12.6 Å². The summed E-state index contributed by atoms with van der Waals surface area (Å²) < 4.78 is 43.6. The Morgan fingerprint density at radius 1 is 1.25 bits per heavy atom. The first-order chi connectivity index (χ1) is 7.42. The van der Waals surface area contributed by atoms with E-state index in [4.69, 9.17) is 5.73 Å². The minimum Gasteiger partial charge on any atom is -0.448 e. The summed E-state index contributed by atoms with van der Waals surface area (Å²) >= 11 is 0. The first-order valence-electron chi connectivity index (χ1n) is 4.69. The highest BCUT2D eigenvalue weighted by Gasteiger charge is 2.26. The number of hydrogen-bond donors (Lipinski definition) is 2. The standard InChI is InChI=1S/C8H15F3N2O3/c9-8(10,11)6-15-4-1-2-13-3-5-16-7(12)14/h13H,1-6H2,(H2,12,14). The van der Waals surface area contributed by atoms with Gasteiger partial charge in [0.2, 0.25) is 0 Å². The highest BCUT2D eigenvalue weighted by molar-refractivity contribution is 5.64. The van der Waals surface area contributed by atoms with E-state index in [0.29, 0.717) is 19.5 Å². The van der Waals surface area contributed by atoms with Crippen LogP contribution in [0.4, 0.5) is 18.0 Å². The number of hydrogen-bond acceptors (Lipinski definition) is 4. The van der Waals surface area contributed by atoms with Gasteiger partial charge in [-0.25, -0.2) is 4.79 Å². The summed E-state index contributed by atoms with van der Waals surface area (Å²) in [5.41, 5.74) is 4.70. The van der Waals surface area contributed by atoms with Gasteiger partial charge in [0.15, 0.2) is 0 Å². The third-order valence-corrected chi connectivity index (χ3v) is 1.43. The van der Waals surface area contributed by atoms with E-state index in [1.165, 1.54) is 0 Å². The maximum absolute atomic E-state index is 11.6. The zero-order valence-corrected chi connectivity index (χ0v) is 8.68. The molecule has 0 aromatic heterocycles. The van der Waals surface area contributed by atoms with Gasteiger partial charge in [0.05, 0.1) is 0 Å². The van der Waals surface area contributed by atoms with Crippen LogP contribution >= 0.6 is 0 Å². The summed E-state index contributed by atoms with van der Waals surface area (Å²) in [6.45, 7) is -0.165. The second-order valence-corrected chi connectivity index (χ2v) is 2.94. The molecular formula is C8H15F3N2O3. The molecule has 0 aromatic rings. The van der Waals surface area contributed by atoms with Gasteiger partial charge in [0, 0.05) is 13.2 Å². The largest absolute Gasteiger partial charge is 0.448 e. The Morgan fingerprint density at radius 2 is 1.94 bits per heavy atom. The van der Waals surface area contributed by atoms with Gasteiger partial charge in [-0.2, -0.15) is 13.2 Å². The average Bonchev–Trinajstić information content (AvgIpc) is 2.13. The third kappa shape index (κ3) is 13.0. The molecule has 5 nitrogen and oxygen atoms in total. The van der Waals surface area contributed by atoms with E-state index in [0.717, 1.165) is 0 Å². The number of rotatable bonds is 8. The zero-order valence-electron chi connectivity index (χ0n) is 8.68. The molecule has 0 atom stereocenters. The minimum absolute atomic E-state index is 0.0309. The number of alkyl halides is 3. The maximum atomic E-state index is 11.6. The Labute approximate surface area is 91.1 Å². The number of amides is 1. The van der Waals surface area contributed by atoms with Crippen LogP contribution in [0.5, 0.6) is 0 Å². The van der Waals surface area contributed by atoms with Crippen LogP contribution in [-0.4, -0.2) is 45.2 Å². The molecule has 16 heavy (non-hydrogen) atoms. The molecule has 0 fully saturated rings. The second kappa shape index (κ2) is 8.17. The van der Waals surface area contributed by atoms with Gasteiger partial charge in [-0.1, -0.05) is 0 Å². The van der Waals surface area contributed by atoms with E-state index in [1.807, 2.05) is 0 Å². The summed E-state index contributed by atoms with van der Waals surface area (Å²) in [5.74, 6) is 0. The van der Waals surface area contributed by atoms with Gasteiger partial charge in [0.25, 0.3) is 0 Å². The number of ether oxygens (including phenoxy) is 2. The van der Waals surface area contributed by atoms with Crippen molar-refractivity contribution in [2.75, 3.05) is 32.9 Å². The lowest BCUT2D eigenvalue weighted by atomic mass is 10.4. The maximum Gasteiger partial charge on any atom is 0.411 e. The normalized spacial score (nSPS) is 11.4. The molecule has 0 saturated carbocycles. The van der Waals surface area contributed by atoms with Crippen LogP contribution in [0.2, 0.25) is 0 Å². The SMILES string of the molecule is NC(=O)OCCNCCCOCC(F)(F)F. The molecule has 0 rings (SSSR count). The monoisotopic (exact) mass is 244 g/mol. The molecular weight excluding hydrogens is 229 g/mol. The Kier molecular flexibility index (Phi) is 7.65. The van der Waals surface area contributed by atoms with Crippen molar-refractivity contribution in [2.24, 2.45) is 5.73 Å². The quantitative estimate of drug-likeness (QED) is 0.614. The topological polar surface area (TPSA) is 73.6 Å². The molecule has 0 saturated heterocycles. The van der Waals surface area contributed by atoms with E-state index < -0.39 is 18.9 Å². The Morgan fingerprint density at radius 3 is 2.50 bits per heavy atom. The van der Waals surface area contributed by atoms with Crippen LogP contribution in [0.15, 0.2) is 0 Å². The number of carbonyl (C=O) groups excluding carboxylic acids is 1. The van der Waals surface area contributed by atoms with Crippen LogP contribution < -0.4 is 11.1 Å². The highest BCUT2D eigenvalue weighted by Crippen LogP contribution is 2.14. The van der Waals surface area contributed by atoms with Gasteiger partial charge in [-0.05, 0) is 13.0 Å². The second-order valence-electron chi connectivity index (χ2n) is 2.94. The number of carbonyl (C=O) groups is 1. The van der Waals surface area contributed by atoms with E-state index in [1.54, 1.807) is 0 Å². The summed E-state index contributed by atoms with van der Waals surface area (Å²) in [6.07, 6.45) is -4.68. The Bertz CT molecular complexity index is 199. The molecule has 0 radical (unpaired) electrons. The van der Waals surface area contributed by atoms with Crippen LogP contribution in [0, 0.1) is 0 Å². The van der Waals surface area contributed by atoms with E-state index >= 15 is 0 Å². The number of halogens is 3. The molecule has 0 unspecified atom stereocenters. The molecule has 1 amide bonds. The number of nitrogens with two attached hydrogens (primary N) is 1. The van der Waals surface area contributed by atoms with Crippen molar-refractivity contribution in [1.29, 1.82) is 0 Å². The summed E-state index contributed by atoms with van der Waals surface area (Å²) in [4.78, 5) is 10.1. The molecule has 96 valence electrons. The molecule has 0 aliphatic carbocycles. The molecule has 0 heterocycles. The highest BCUT2D eigenvalue weighted by atomic mass is 19.4.